The molecule has 14 heavy (non-hydrogen) atoms. The summed E-state index contributed by atoms with van der Waals surface area (Å²) < 4.78 is 0. The second-order valence-corrected chi connectivity index (χ2v) is 4.06. The Labute approximate surface area is 89.9 Å². The molecule has 0 amide bonds. The van der Waals surface area contributed by atoms with E-state index in [-0.39, 0.29) is 0 Å². The molecule has 0 aliphatic heterocycles. The Morgan fingerprint density at radius 3 is 1.93 bits per heavy atom. The van der Waals surface area contributed by atoms with Gasteiger partial charge in [-0.3, -0.25) is 0 Å². The van der Waals surface area contributed by atoms with Gasteiger partial charge in [-0.15, -0.1) is 0 Å². The van der Waals surface area contributed by atoms with Crippen molar-refractivity contribution in [2.45, 2.75) is 71.1 Å². The van der Waals surface area contributed by atoms with Gasteiger partial charge in [-0.25, -0.2) is 0 Å². The molecule has 0 aliphatic rings. The van der Waals surface area contributed by atoms with Gasteiger partial charge in [0.2, 0.25) is 0 Å². The van der Waals surface area contributed by atoms with Crippen molar-refractivity contribution >= 4 is 0 Å². The summed E-state index contributed by atoms with van der Waals surface area (Å²) in [6.07, 6.45) is 15.3. The third kappa shape index (κ3) is 12.0. The Morgan fingerprint density at radius 1 is 0.786 bits per heavy atom. The second kappa shape index (κ2) is 13.0. The van der Waals surface area contributed by atoms with Crippen LogP contribution in [0.2, 0.25) is 0 Å². The third-order valence-corrected chi connectivity index (χ3v) is 2.58. The fourth-order valence-electron chi connectivity index (χ4n) is 1.61. The molecule has 0 saturated carbocycles. The van der Waals surface area contributed by atoms with Crippen LogP contribution in [0.15, 0.2) is 0 Å². The minimum atomic E-state index is 0.362. The summed E-state index contributed by atoms with van der Waals surface area (Å²) in [7, 11) is 0. The molecule has 0 aromatic carbocycles. The number of rotatable bonds is 11. The predicted molar refractivity (Wildman–Crippen MR) is 63.2 cm³/mol. The van der Waals surface area contributed by atoms with Gasteiger partial charge in [-0.05, 0) is 12.8 Å². The molecule has 0 aliphatic carbocycles. The highest BCUT2D eigenvalue weighted by atomic mass is 16.2. The lowest BCUT2D eigenvalue weighted by Crippen LogP contribution is -1.85. The first-order chi connectivity index (χ1) is 6.91. The van der Waals surface area contributed by atoms with E-state index >= 15 is 0 Å². The van der Waals surface area contributed by atoms with E-state index in [2.05, 4.69) is 13.3 Å². The van der Waals surface area contributed by atoms with Crippen LogP contribution in [-0.4, -0.2) is 11.7 Å². The van der Waals surface area contributed by atoms with Crippen LogP contribution in [0.4, 0.5) is 0 Å². The molecular formula is C13H27O. The van der Waals surface area contributed by atoms with Crippen molar-refractivity contribution in [3.05, 3.63) is 6.42 Å². The monoisotopic (exact) mass is 199 g/mol. The van der Waals surface area contributed by atoms with Gasteiger partial charge in [0.1, 0.15) is 0 Å². The van der Waals surface area contributed by atoms with E-state index < -0.39 is 0 Å². The van der Waals surface area contributed by atoms with Crippen LogP contribution >= 0.6 is 0 Å². The van der Waals surface area contributed by atoms with E-state index in [0.29, 0.717) is 6.61 Å². The average molecular weight is 199 g/mol. The first kappa shape index (κ1) is 14.0. The Bertz CT molecular complexity index is 79.2. The van der Waals surface area contributed by atoms with Gasteiger partial charge in [0, 0.05) is 6.61 Å². The highest BCUT2D eigenvalue weighted by molar-refractivity contribution is 4.64. The maximum atomic E-state index is 8.58. The topological polar surface area (TPSA) is 20.2 Å². The van der Waals surface area contributed by atoms with Crippen molar-refractivity contribution in [1.29, 1.82) is 0 Å². The molecular weight excluding hydrogens is 172 g/mol. The molecule has 0 heterocycles. The normalized spacial score (nSPS) is 10.7. The van der Waals surface area contributed by atoms with Crippen LogP contribution in [0.25, 0.3) is 0 Å². The Balaban J connectivity index is 2.78. The Hall–Kier alpha value is -0.0400. The van der Waals surface area contributed by atoms with E-state index in [0.717, 1.165) is 6.42 Å². The molecule has 0 fully saturated rings. The van der Waals surface area contributed by atoms with Crippen molar-refractivity contribution in [3.63, 3.8) is 0 Å². The molecule has 0 atom stereocenters. The second-order valence-electron chi connectivity index (χ2n) is 4.06. The quantitative estimate of drug-likeness (QED) is 0.497. The van der Waals surface area contributed by atoms with Gasteiger partial charge < -0.3 is 5.11 Å². The fraction of sp³-hybridized carbons (Fsp3) is 0.923. The molecule has 0 saturated heterocycles. The third-order valence-electron chi connectivity index (χ3n) is 2.58. The van der Waals surface area contributed by atoms with Gasteiger partial charge in [0.05, 0.1) is 0 Å². The lowest BCUT2D eigenvalue weighted by atomic mass is 10.1. The molecule has 0 bridgehead atoms. The molecule has 0 aromatic rings. The summed E-state index contributed by atoms with van der Waals surface area (Å²) >= 11 is 0. The Morgan fingerprint density at radius 2 is 1.36 bits per heavy atom. The fourth-order valence-corrected chi connectivity index (χ4v) is 1.61. The van der Waals surface area contributed by atoms with Gasteiger partial charge >= 0.3 is 0 Å². The maximum absolute atomic E-state index is 8.58. The van der Waals surface area contributed by atoms with Crippen LogP contribution in [0.3, 0.4) is 0 Å². The van der Waals surface area contributed by atoms with Crippen molar-refractivity contribution in [3.8, 4) is 0 Å². The summed E-state index contributed by atoms with van der Waals surface area (Å²) in [4.78, 5) is 0. The zero-order valence-electron chi connectivity index (χ0n) is 9.80. The molecule has 85 valence electrons. The Kier molecular flexibility index (Phi) is 12.9. The highest BCUT2D eigenvalue weighted by Crippen LogP contribution is 2.09. The molecule has 1 nitrogen and oxygen atoms in total. The van der Waals surface area contributed by atoms with Gasteiger partial charge in [0.25, 0.3) is 0 Å². The zero-order valence-corrected chi connectivity index (χ0v) is 9.80. The summed E-state index contributed by atoms with van der Waals surface area (Å²) in [5.74, 6) is 0. The van der Waals surface area contributed by atoms with Crippen LogP contribution in [0.5, 0.6) is 0 Å². The molecule has 0 spiro atoms. The summed E-state index contributed by atoms with van der Waals surface area (Å²) in [5, 5.41) is 8.58. The lowest BCUT2D eigenvalue weighted by Gasteiger charge is -2.01. The first-order valence-electron chi connectivity index (χ1n) is 6.34. The molecule has 1 N–H and O–H groups in total. The number of hydrogen-bond donors (Lipinski definition) is 1. The molecule has 0 rings (SSSR count). The van der Waals surface area contributed by atoms with E-state index in [1.54, 1.807) is 0 Å². The van der Waals surface area contributed by atoms with Crippen molar-refractivity contribution in [2.75, 3.05) is 6.61 Å². The number of unbranched alkanes of at least 4 members (excludes halogenated alkanes) is 10. The number of aliphatic hydroxyl groups is 1. The predicted octanol–water partition coefficient (Wildman–Crippen LogP) is 4.10. The van der Waals surface area contributed by atoms with Crippen LogP contribution < -0.4 is 0 Å². The molecule has 0 aromatic heterocycles. The average Bonchev–Trinajstić information content (AvgIpc) is 2.21. The summed E-state index contributed by atoms with van der Waals surface area (Å²) in [6, 6.07) is 0. The van der Waals surface area contributed by atoms with Crippen LogP contribution in [0.1, 0.15) is 71.1 Å². The first-order valence-corrected chi connectivity index (χ1v) is 6.34. The SMILES string of the molecule is CCCCCC[CH]CCCCCCO. The van der Waals surface area contributed by atoms with Crippen molar-refractivity contribution < 1.29 is 5.11 Å². The van der Waals surface area contributed by atoms with E-state index in [1.165, 1.54) is 57.8 Å². The maximum Gasteiger partial charge on any atom is 0.0431 e. The molecule has 1 radical (unpaired) electrons. The highest BCUT2D eigenvalue weighted by Gasteiger charge is 1.92. The zero-order chi connectivity index (χ0) is 10.5. The lowest BCUT2D eigenvalue weighted by molar-refractivity contribution is 0.282. The number of hydrogen-bond acceptors (Lipinski definition) is 1. The van der Waals surface area contributed by atoms with Gasteiger partial charge in [0.15, 0.2) is 0 Å². The van der Waals surface area contributed by atoms with Crippen LogP contribution in [-0.2, 0) is 0 Å². The molecule has 0 unspecified atom stereocenters. The summed E-state index contributed by atoms with van der Waals surface area (Å²) in [6.45, 7) is 2.62. The smallest absolute Gasteiger partial charge is 0.0431 e. The largest absolute Gasteiger partial charge is 0.396 e. The van der Waals surface area contributed by atoms with Gasteiger partial charge in [-0.1, -0.05) is 64.7 Å². The van der Waals surface area contributed by atoms with Gasteiger partial charge in [-0.2, -0.15) is 0 Å². The van der Waals surface area contributed by atoms with E-state index in [9.17, 15) is 0 Å². The van der Waals surface area contributed by atoms with Crippen molar-refractivity contribution in [2.24, 2.45) is 0 Å². The number of aliphatic hydroxyl groups excluding tert-OH is 1. The van der Waals surface area contributed by atoms with Crippen molar-refractivity contribution in [1.82, 2.24) is 0 Å². The minimum Gasteiger partial charge on any atom is -0.396 e. The molecule has 1 heteroatoms. The van der Waals surface area contributed by atoms with Crippen LogP contribution in [0, 0.1) is 6.42 Å². The van der Waals surface area contributed by atoms with E-state index in [1.807, 2.05) is 0 Å². The summed E-state index contributed by atoms with van der Waals surface area (Å²) in [5.41, 5.74) is 0. The minimum absolute atomic E-state index is 0.362. The van der Waals surface area contributed by atoms with E-state index in [4.69, 9.17) is 5.11 Å². The standard InChI is InChI=1S/C13H27O/c1-2-3-4-5-6-7-8-9-10-11-12-13-14/h7,14H,2-6,8-13H2,1H3.